The number of nitrogens with zero attached hydrogens (tertiary/aromatic N) is 1. The van der Waals surface area contributed by atoms with Crippen LogP contribution in [-0.4, -0.2) is 42.1 Å². The second kappa shape index (κ2) is 5.88. The number of carbonyl (C=O) groups excluding carboxylic acids is 1. The molecule has 0 aliphatic carbocycles. The highest BCUT2D eigenvalue weighted by molar-refractivity contribution is 5.84. The smallest absolute Gasteiger partial charge is 0.150 e. The highest BCUT2D eigenvalue weighted by Gasteiger charge is 2.61. The zero-order chi connectivity index (χ0) is 16.1. The molecule has 0 aromatic rings. The van der Waals surface area contributed by atoms with Gasteiger partial charge in [0.25, 0.3) is 0 Å². The van der Waals surface area contributed by atoms with Crippen molar-refractivity contribution in [3.8, 4) is 0 Å². The number of rotatable bonds is 3. The Morgan fingerprint density at radius 1 is 1.27 bits per heavy atom. The summed E-state index contributed by atoms with van der Waals surface area (Å²) in [7, 11) is 0. The van der Waals surface area contributed by atoms with Gasteiger partial charge in [-0.15, -0.1) is 0 Å². The molecule has 4 heteroatoms. The summed E-state index contributed by atoms with van der Waals surface area (Å²) in [5, 5.41) is 7.49. The van der Waals surface area contributed by atoms with Crippen LogP contribution >= 0.6 is 0 Å². The molecule has 3 fully saturated rings. The molecule has 3 saturated heterocycles. The molecule has 0 aromatic heterocycles. The third kappa shape index (κ3) is 2.44. The van der Waals surface area contributed by atoms with Crippen molar-refractivity contribution in [3.63, 3.8) is 0 Å². The molecule has 2 N–H and O–H groups in total. The summed E-state index contributed by atoms with van der Waals surface area (Å²) in [5.74, 6) is 2.15. The number of hydrogen-bond acceptors (Lipinski definition) is 4. The quantitative estimate of drug-likeness (QED) is 0.839. The van der Waals surface area contributed by atoms with Gasteiger partial charge in [0.2, 0.25) is 0 Å². The molecular weight excluding hydrogens is 274 g/mol. The van der Waals surface area contributed by atoms with E-state index in [0.29, 0.717) is 42.3 Å². The molecular formula is C18H33N3O. The van der Waals surface area contributed by atoms with E-state index in [1.807, 2.05) is 6.92 Å². The van der Waals surface area contributed by atoms with Gasteiger partial charge in [0.05, 0.1) is 18.4 Å². The topological polar surface area (TPSA) is 44.4 Å². The van der Waals surface area contributed by atoms with Gasteiger partial charge in [-0.3, -0.25) is 15.0 Å². The Bertz CT molecular complexity index is 431. The van der Waals surface area contributed by atoms with Crippen molar-refractivity contribution in [2.75, 3.05) is 13.1 Å². The number of carbonyl (C=O) groups is 1. The summed E-state index contributed by atoms with van der Waals surface area (Å²) in [4.78, 5) is 15.2. The van der Waals surface area contributed by atoms with Crippen LogP contribution in [0.15, 0.2) is 0 Å². The van der Waals surface area contributed by atoms with Gasteiger partial charge in [0.1, 0.15) is 5.78 Å². The van der Waals surface area contributed by atoms with Crippen molar-refractivity contribution >= 4 is 5.78 Å². The van der Waals surface area contributed by atoms with Crippen molar-refractivity contribution in [1.29, 1.82) is 0 Å². The van der Waals surface area contributed by atoms with Crippen LogP contribution < -0.4 is 10.6 Å². The predicted molar refractivity (Wildman–Crippen MR) is 89.3 cm³/mol. The minimum absolute atomic E-state index is 0.0976. The number of piperidine rings is 1. The van der Waals surface area contributed by atoms with E-state index in [1.165, 1.54) is 12.8 Å². The third-order valence-corrected chi connectivity index (χ3v) is 6.23. The Labute approximate surface area is 135 Å². The predicted octanol–water partition coefficient (Wildman–Crippen LogP) is 2.20. The lowest BCUT2D eigenvalue weighted by molar-refractivity contribution is -0.126. The second-order valence-corrected chi connectivity index (χ2v) is 8.41. The molecule has 0 saturated carbocycles. The fraction of sp³-hybridized carbons (Fsp3) is 0.944. The number of nitrogens with one attached hydrogen (secondary N) is 2. The average Bonchev–Trinajstić information content (AvgIpc) is 2.99. The zero-order valence-corrected chi connectivity index (χ0v) is 14.9. The standard InChI is InChI=1S/C18H33N3O/c1-6-12(22)15-14(18(3,4)5)13-11-9-8-10-19-16(11)20-17(13)21(15)7-2/h11,13-17,19-20H,6-10H2,1-5H3. The van der Waals surface area contributed by atoms with E-state index < -0.39 is 0 Å². The Balaban J connectivity index is 1.99. The lowest BCUT2D eigenvalue weighted by Crippen LogP contribution is -2.54. The summed E-state index contributed by atoms with van der Waals surface area (Å²) in [6.45, 7) is 13.3. The normalized spacial score (nSPS) is 42.2. The number of likely N-dealkylation sites (tertiary alicyclic amines) is 1. The molecule has 0 amide bonds. The first-order valence-corrected chi connectivity index (χ1v) is 9.18. The Kier molecular flexibility index (Phi) is 4.39. The Morgan fingerprint density at radius 3 is 2.59 bits per heavy atom. The SMILES string of the molecule is CCC(=O)C1C(C(C)(C)C)C2C3CCCNC3NC2N1CC. The number of fused-ring (bicyclic) bond motifs is 3. The first kappa shape index (κ1) is 16.4. The van der Waals surface area contributed by atoms with Gasteiger partial charge in [0, 0.05) is 6.42 Å². The van der Waals surface area contributed by atoms with Crippen LogP contribution in [0, 0.1) is 23.2 Å². The van der Waals surface area contributed by atoms with Gasteiger partial charge in [-0.2, -0.15) is 0 Å². The maximum atomic E-state index is 12.7. The zero-order valence-electron chi connectivity index (χ0n) is 14.9. The van der Waals surface area contributed by atoms with Crippen molar-refractivity contribution in [2.24, 2.45) is 23.2 Å². The van der Waals surface area contributed by atoms with Crippen LogP contribution in [0.1, 0.15) is 53.9 Å². The molecule has 3 aliphatic rings. The molecule has 0 radical (unpaired) electrons. The van der Waals surface area contributed by atoms with Gasteiger partial charge in [0.15, 0.2) is 0 Å². The largest absolute Gasteiger partial charge is 0.302 e. The summed E-state index contributed by atoms with van der Waals surface area (Å²) < 4.78 is 0. The van der Waals surface area contributed by atoms with Crippen molar-refractivity contribution in [3.05, 3.63) is 0 Å². The molecule has 0 bridgehead atoms. The number of Topliss-reactive ketones (excluding diaryl/α,β-unsaturated/α-hetero) is 1. The number of likely N-dealkylation sites (N-methyl/N-ethyl adjacent to an activating group) is 1. The van der Waals surface area contributed by atoms with E-state index in [2.05, 4.69) is 43.2 Å². The summed E-state index contributed by atoms with van der Waals surface area (Å²) >= 11 is 0. The minimum atomic E-state index is 0.0976. The fourth-order valence-electron chi connectivity index (χ4n) is 5.45. The lowest BCUT2D eigenvalue weighted by Gasteiger charge is -2.40. The van der Waals surface area contributed by atoms with Crippen molar-refractivity contribution < 1.29 is 4.79 Å². The number of ketones is 1. The van der Waals surface area contributed by atoms with E-state index in [0.717, 1.165) is 13.1 Å². The summed E-state index contributed by atoms with van der Waals surface area (Å²) in [6.07, 6.45) is 4.03. The molecule has 22 heavy (non-hydrogen) atoms. The van der Waals surface area contributed by atoms with Crippen molar-refractivity contribution in [2.45, 2.75) is 72.3 Å². The Hall–Kier alpha value is -0.450. The van der Waals surface area contributed by atoms with Crippen LogP contribution in [0.3, 0.4) is 0 Å². The third-order valence-electron chi connectivity index (χ3n) is 6.23. The van der Waals surface area contributed by atoms with E-state index >= 15 is 0 Å². The highest BCUT2D eigenvalue weighted by Crippen LogP contribution is 2.52. The molecule has 6 unspecified atom stereocenters. The Morgan fingerprint density at radius 2 is 2.00 bits per heavy atom. The van der Waals surface area contributed by atoms with Gasteiger partial charge in [-0.25, -0.2) is 0 Å². The van der Waals surface area contributed by atoms with E-state index in [-0.39, 0.29) is 11.5 Å². The molecule has 3 aliphatic heterocycles. The second-order valence-electron chi connectivity index (χ2n) is 8.41. The van der Waals surface area contributed by atoms with Gasteiger partial charge < -0.3 is 5.32 Å². The van der Waals surface area contributed by atoms with Crippen molar-refractivity contribution in [1.82, 2.24) is 15.5 Å². The average molecular weight is 307 g/mol. The molecule has 0 spiro atoms. The fourth-order valence-corrected chi connectivity index (χ4v) is 5.45. The molecule has 4 nitrogen and oxygen atoms in total. The first-order chi connectivity index (χ1) is 10.4. The van der Waals surface area contributed by atoms with Crippen LogP contribution in [0.4, 0.5) is 0 Å². The van der Waals surface area contributed by atoms with Crippen LogP contribution in [0.2, 0.25) is 0 Å². The molecule has 126 valence electrons. The first-order valence-electron chi connectivity index (χ1n) is 9.18. The van der Waals surface area contributed by atoms with Gasteiger partial charge in [-0.1, -0.05) is 34.6 Å². The van der Waals surface area contributed by atoms with Gasteiger partial charge in [-0.05, 0) is 49.1 Å². The maximum Gasteiger partial charge on any atom is 0.150 e. The number of hydrogen-bond donors (Lipinski definition) is 2. The molecule has 3 heterocycles. The molecule has 0 aromatic carbocycles. The highest BCUT2D eigenvalue weighted by atomic mass is 16.1. The lowest BCUT2D eigenvalue weighted by atomic mass is 9.66. The molecule has 6 atom stereocenters. The molecule has 3 rings (SSSR count). The monoisotopic (exact) mass is 307 g/mol. The van der Waals surface area contributed by atoms with E-state index in [9.17, 15) is 4.79 Å². The van der Waals surface area contributed by atoms with Crippen LogP contribution in [0.25, 0.3) is 0 Å². The van der Waals surface area contributed by atoms with Gasteiger partial charge >= 0.3 is 0 Å². The maximum absolute atomic E-state index is 12.7. The van der Waals surface area contributed by atoms with Crippen LogP contribution in [-0.2, 0) is 4.79 Å². The van der Waals surface area contributed by atoms with E-state index in [4.69, 9.17) is 0 Å². The van der Waals surface area contributed by atoms with Crippen LogP contribution in [0.5, 0.6) is 0 Å². The minimum Gasteiger partial charge on any atom is -0.302 e. The summed E-state index contributed by atoms with van der Waals surface area (Å²) in [6, 6.07) is 0.0976. The summed E-state index contributed by atoms with van der Waals surface area (Å²) in [5.41, 5.74) is 0.163. The van der Waals surface area contributed by atoms with E-state index in [1.54, 1.807) is 0 Å².